The second-order valence-electron chi connectivity index (χ2n) is 6.91. The number of aromatic nitrogens is 1. The number of rotatable bonds is 2. The SMILES string of the molecule is CC1CCNC(C(C)(C)C)CN1Cc1ccncc1Cl. The zero-order chi connectivity index (χ0) is 14.8. The van der Waals surface area contributed by atoms with Crippen LogP contribution >= 0.6 is 11.6 Å². The molecule has 0 aliphatic carbocycles. The van der Waals surface area contributed by atoms with E-state index < -0.39 is 0 Å². The molecule has 20 heavy (non-hydrogen) atoms. The second-order valence-corrected chi connectivity index (χ2v) is 7.31. The highest BCUT2D eigenvalue weighted by atomic mass is 35.5. The number of hydrogen-bond donors (Lipinski definition) is 1. The van der Waals surface area contributed by atoms with Crippen LogP contribution in [0.2, 0.25) is 5.02 Å². The van der Waals surface area contributed by atoms with Crippen molar-refractivity contribution in [3.05, 3.63) is 29.0 Å². The first kappa shape index (κ1) is 15.7. The summed E-state index contributed by atoms with van der Waals surface area (Å²) in [5.74, 6) is 0. The second kappa shape index (κ2) is 6.42. The predicted molar refractivity (Wildman–Crippen MR) is 85.0 cm³/mol. The molecule has 1 fully saturated rings. The van der Waals surface area contributed by atoms with Crippen molar-refractivity contribution in [3.8, 4) is 0 Å². The summed E-state index contributed by atoms with van der Waals surface area (Å²) >= 11 is 6.25. The van der Waals surface area contributed by atoms with E-state index in [2.05, 4.69) is 42.9 Å². The van der Waals surface area contributed by atoms with Gasteiger partial charge in [-0.1, -0.05) is 32.4 Å². The molecule has 0 bridgehead atoms. The van der Waals surface area contributed by atoms with Crippen LogP contribution in [0.3, 0.4) is 0 Å². The zero-order valence-electron chi connectivity index (χ0n) is 13.0. The van der Waals surface area contributed by atoms with Crippen molar-refractivity contribution >= 4 is 11.6 Å². The normalized spacial score (nSPS) is 25.4. The van der Waals surface area contributed by atoms with Gasteiger partial charge in [-0.15, -0.1) is 0 Å². The van der Waals surface area contributed by atoms with Crippen LogP contribution in [0.25, 0.3) is 0 Å². The van der Waals surface area contributed by atoms with Gasteiger partial charge in [0.25, 0.3) is 0 Å². The minimum atomic E-state index is 0.268. The Balaban J connectivity index is 2.13. The van der Waals surface area contributed by atoms with Crippen molar-refractivity contribution in [2.75, 3.05) is 13.1 Å². The Morgan fingerprint density at radius 3 is 2.85 bits per heavy atom. The van der Waals surface area contributed by atoms with Gasteiger partial charge in [0, 0.05) is 37.6 Å². The molecule has 1 aromatic heterocycles. The molecule has 2 heterocycles. The fourth-order valence-electron chi connectivity index (χ4n) is 2.68. The molecule has 4 heteroatoms. The summed E-state index contributed by atoms with van der Waals surface area (Å²) in [4.78, 5) is 6.61. The lowest BCUT2D eigenvalue weighted by atomic mass is 9.86. The molecule has 3 nitrogen and oxygen atoms in total. The van der Waals surface area contributed by atoms with Crippen molar-refractivity contribution < 1.29 is 0 Å². The van der Waals surface area contributed by atoms with Gasteiger partial charge in [0.05, 0.1) is 5.02 Å². The van der Waals surface area contributed by atoms with Gasteiger partial charge in [-0.2, -0.15) is 0 Å². The quantitative estimate of drug-likeness (QED) is 0.907. The minimum Gasteiger partial charge on any atom is -0.312 e. The number of nitrogens with one attached hydrogen (secondary N) is 1. The van der Waals surface area contributed by atoms with E-state index in [1.54, 1.807) is 6.20 Å². The van der Waals surface area contributed by atoms with Gasteiger partial charge < -0.3 is 5.32 Å². The smallest absolute Gasteiger partial charge is 0.0634 e. The van der Waals surface area contributed by atoms with Gasteiger partial charge >= 0.3 is 0 Å². The van der Waals surface area contributed by atoms with E-state index in [-0.39, 0.29) is 5.41 Å². The molecule has 1 saturated heterocycles. The molecule has 2 rings (SSSR count). The van der Waals surface area contributed by atoms with E-state index in [0.717, 1.165) is 24.7 Å². The first-order valence-electron chi connectivity index (χ1n) is 7.44. The van der Waals surface area contributed by atoms with Crippen LogP contribution in [0.15, 0.2) is 18.5 Å². The number of hydrogen-bond acceptors (Lipinski definition) is 3. The molecule has 2 atom stereocenters. The highest BCUT2D eigenvalue weighted by Gasteiger charge is 2.30. The Kier molecular flexibility index (Phi) is 5.05. The van der Waals surface area contributed by atoms with E-state index in [9.17, 15) is 0 Å². The molecule has 1 aliphatic rings. The molecule has 0 spiro atoms. The topological polar surface area (TPSA) is 28.2 Å². The zero-order valence-corrected chi connectivity index (χ0v) is 13.7. The summed E-state index contributed by atoms with van der Waals surface area (Å²) in [7, 11) is 0. The van der Waals surface area contributed by atoms with Crippen molar-refractivity contribution in [2.45, 2.75) is 52.7 Å². The van der Waals surface area contributed by atoms with Gasteiger partial charge in [0.15, 0.2) is 0 Å². The largest absolute Gasteiger partial charge is 0.312 e. The van der Waals surface area contributed by atoms with Crippen LogP contribution in [0.4, 0.5) is 0 Å². The maximum Gasteiger partial charge on any atom is 0.0634 e. The van der Waals surface area contributed by atoms with Crippen LogP contribution in [-0.2, 0) is 6.54 Å². The Labute approximate surface area is 127 Å². The highest BCUT2D eigenvalue weighted by Crippen LogP contribution is 2.25. The van der Waals surface area contributed by atoms with Crippen molar-refractivity contribution in [2.24, 2.45) is 5.41 Å². The summed E-state index contributed by atoms with van der Waals surface area (Å²) < 4.78 is 0. The van der Waals surface area contributed by atoms with E-state index in [4.69, 9.17) is 11.6 Å². The third-order valence-corrected chi connectivity index (χ3v) is 4.61. The first-order chi connectivity index (χ1) is 9.38. The molecule has 0 saturated carbocycles. The van der Waals surface area contributed by atoms with E-state index in [0.29, 0.717) is 12.1 Å². The third-order valence-electron chi connectivity index (χ3n) is 4.27. The average Bonchev–Trinajstić information content (AvgIpc) is 2.54. The van der Waals surface area contributed by atoms with Crippen LogP contribution < -0.4 is 5.32 Å². The molecule has 1 aliphatic heterocycles. The van der Waals surface area contributed by atoms with Gasteiger partial charge in [0.1, 0.15) is 0 Å². The van der Waals surface area contributed by atoms with E-state index in [1.807, 2.05) is 12.3 Å². The van der Waals surface area contributed by atoms with Crippen LogP contribution in [0, 0.1) is 5.41 Å². The highest BCUT2D eigenvalue weighted by molar-refractivity contribution is 6.31. The Hall–Kier alpha value is -0.640. The van der Waals surface area contributed by atoms with Gasteiger partial charge in [-0.25, -0.2) is 0 Å². The average molecular weight is 296 g/mol. The molecule has 2 unspecified atom stereocenters. The summed E-state index contributed by atoms with van der Waals surface area (Å²) in [6, 6.07) is 3.10. The maximum absolute atomic E-state index is 6.25. The standard InChI is InChI=1S/C16H26ClN3/c1-12-5-8-19-15(16(2,3)4)11-20(12)10-13-6-7-18-9-14(13)17/h6-7,9,12,15,19H,5,8,10-11H2,1-4H3. The summed E-state index contributed by atoms with van der Waals surface area (Å²) in [6.07, 6.45) is 4.73. The van der Waals surface area contributed by atoms with Crippen LogP contribution in [-0.4, -0.2) is 35.1 Å². The fraction of sp³-hybridized carbons (Fsp3) is 0.688. The molecule has 0 amide bonds. The first-order valence-corrected chi connectivity index (χ1v) is 7.81. The van der Waals surface area contributed by atoms with Crippen LogP contribution in [0.5, 0.6) is 0 Å². The number of nitrogens with zero attached hydrogens (tertiary/aromatic N) is 2. The Morgan fingerprint density at radius 1 is 1.45 bits per heavy atom. The minimum absolute atomic E-state index is 0.268. The van der Waals surface area contributed by atoms with Crippen molar-refractivity contribution in [1.82, 2.24) is 15.2 Å². The van der Waals surface area contributed by atoms with E-state index in [1.165, 1.54) is 12.0 Å². The van der Waals surface area contributed by atoms with Crippen molar-refractivity contribution in [3.63, 3.8) is 0 Å². The third kappa shape index (κ3) is 3.94. The Bertz CT molecular complexity index is 442. The number of halogens is 1. The lowest BCUT2D eigenvalue weighted by Crippen LogP contribution is -2.47. The molecular formula is C16H26ClN3. The fourth-order valence-corrected chi connectivity index (χ4v) is 2.86. The van der Waals surface area contributed by atoms with Gasteiger partial charge in [-0.3, -0.25) is 9.88 Å². The maximum atomic E-state index is 6.25. The summed E-state index contributed by atoms with van der Waals surface area (Å²) in [5.41, 5.74) is 1.44. The molecule has 1 aromatic rings. The van der Waals surface area contributed by atoms with E-state index >= 15 is 0 Å². The lowest BCUT2D eigenvalue weighted by Gasteiger charge is -2.35. The molecular weight excluding hydrogens is 270 g/mol. The molecule has 1 N–H and O–H groups in total. The number of pyridine rings is 1. The van der Waals surface area contributed by atoms with Crippen LogP contribution in [0.1, 0.15) is 39.7 Å². The van der Waals surface area contributed by atoms with Gasteiger partial charge in [0.2, 0.25) is 0 Å². The predicted octanol–water partition coefficient (Wildman–Crippen LogP) is 3.33. The summed E-state index contributed by atoms with van der Waals surface area (Å²) in [5, 5.41) is 4.46. The van der Waals surface area contributed by atoms with Gasteiger partial charge in [-0.05, 0) is 36.9 Å². The summed E-state index contributed by atoms with van der Waals surface area (Å²) in [6.45, 7) is 12.3. The molecule has 0 radical (unpaired) electrons. The Morgan fingerprint density at radius 2 is 2.20 bits per heavy atom. The molecule has 112 valence electrons. The van der Waals surface area contributed by atoms with Crippen molar-refractivity contribution in [1.29, 1.82) is 0 Å². The molecule has 0 aromatic carbocycles. The monoisotopic (exact) mass is 295 g/mol. The lowest BCUT2D eigenvalue weighted by molar-refractivity contribution is 0.157.